The highest BCUT2D eigenvalue weighted by atomic mass is 35.5. The molecule has 0 bridgehead atoms. The van der Waals surface area contributed by atoms with Gasteiger partial charge in [-0.3, -0.25) is 4.79 Å². The molecule has 1 N–H and O–H groups in total. The molecule has 0 fully saturated rings. The second-order valence-corrected chi connectivity index (χ2v) is 5.19. The van der Waals surface area contributed by atoms with Crippen molar-refractivity contribution in [1.29, 1.82) is 0 Å². The van der Waals surface area contributed by atoms with Gasteiger partial charge in [0.25, 0.3) is 0 Å². The van der Waals surface area contributed by atoms with Crippen LogP contribution < -0.4 is 0 Å². The van der Waals surface area contributed by atoms with Gasteiger partial charge in [0.05, 0.1) is 10.9 Å². The van der Waals surface area contributed by atoms with Crippen molar-refractivity contribution in [3.8, 4) is 0 Å². The van der Waals surface area contributed by atoms with Gasteiger partial charge in [-0.1, -0.05) is 35.9 Å². The van der Waals surface area contributed by atoms with E-state index in [9.17, 15) is 18.7 Å². The van der Waals surface area contributed by atoms with E-state index in [1.807, 2.05) is 0 Å². The third-order valence-electron chi connectivity index (χ3n) is 3.24. The van der Waals surface area contributed by atoms with Crippen molar-refractivity contribution < 1.29 is 18.7 Å². The number of carboxylic acid groups (broad SMARTS) is 1. The zero-order chi connectivity index (χ0) is 15.4. The molecule has 0 aliphatic carbocycles. The number of hydrogen-bond acceptors (Lipinski definition) is 1. The van der Waals surface area contributed by atoms with Crippen LogP contribution in [0.15, 0.2) is 42.5 Å². The van der Waals surface area contributed by atoms with Crippen LogP contribution in [0.25, 0.3) is 0 Å². The standard InChI is InChI=1S/C16H13ClF2O2/c17-14-3-1-2-11(15(14)19)9-12(16(20)21)8-10-4-6-13(18)7-5-10/h1-7,12H,8-9H2,(H,20,21). The van der Waals surface area contributed by atoms with Gasteiger partial charge in [-0.2, -0.15) is 0 Å². The molecule has 0 aromatic heterocycles. The lowest BCUT2D eigenvalue weighted by Crippen LogP contribution is -2.19. The highest BCUT2D eigenvalue weighted by Crippen LogP contribution is 2.22. The maximum Gasteiger partial charge on any atom is 0.307 e. The second-order valence-electron chi connectivity index (χ2n) is 4.78. The fourth-order valence-electron chi connectivity index (χ4n) is 2.12. The largest absolute Gasteiger partial charge is 0.481 e. The van der Waals surface area contributed by atoms with Crippen molar-refractivity contribution in [1.82, 2.24) is 0 Å². The Morgan fingerprint density at radius 1 is 1.10 bits per heavy atom. The maximum absolute atomic E-state index is 13.8. The molecule has 2 aromatic rings. The second kappa shape index (κ2) is 6.68. The topological polar surface area (TPSA) is 37.3 Å². The Hall–Kier alpha value is -1.94. The van der Waals surface area contributed by atoms with E-state index in [1.54, 1.807) is 6.07 Å². The Morgan fingerprint density at radius 3 is 2.38 bits per heavy atom. The summed E-state index contributed by atoms with van der Waals surface area (Å²) in [5, 5.41) is 9.25. The van der Waals surface area contributed by atoms with Crippen LogP contribution in [0.2, 0.25) is 5.02 Å². The summed E-state index contributed by atoms with van der Waals surface area (Å²) < 4.78 is 26.7. The summed E-state index contributed by atoms with van der Waals surface area (Å²) in [5.74, 6) is -2.81. The molecule has 21 heavy (non-hydrogen) atoms. The summed E-state index contributed by atoms with van der Waals surface area (Å²) in [5.41, 5.74) is 0.947. The lowest BCUT2D eigenvalue weighted by atomic mass is 9.92. The van der Waals surface area contributed by atoms with E-state index in [4.69, 9.17) is 11.6 Å². The number of carbonyl (C=O) groups is 1. The Kier molecular flexibility index (Phi) is 4.91. The number of hydrogen-bond donors (Lipinski definition) is 1. The van der Waals surface area contributed by atoms with Crippen molar-refractivity contribution in [3.05, 3.63) is 70.2 Å². The Balaban J connectivity index is 2.18. The van der Waals surface area contributed by atoms with Crippen LogP contribution in [0.5, 0.6) is 0 Å². The van der Waals surface area contributed by atoms with Crippen molar-refractivity contribution >= 4 is 17.6 Å². The number of aliphatic carboxylic acids is 1. The first-order valence-electron chi connectivity index (χ1n) is 6.37. The molecule has 5 heteroatoms. The number of rotatable bonds is 5. The van der Waals surface area contributed by atoms with Crippen LogP contribution in [-0.2, 0) is 17.6 Å². The minimum absolute atomic E-state index is 0.0269. The van der Waals surface area contributed by atoms with Crippen LogP contribution in [0.1, 0.15) is 11.1 Å². The summed E-state index contributed by atoms with van der Waals surface area (Å²) >= 11 is 5.69. The molecule has 0 spiro atoms. The molecule has 0 heterocycles. The van der Waals surface area contributed by atoms with Gasteiger partial charge >= 0.3 is 5.97 Å². The van der Waals surface area contributed by atoms with Gasteiger partial charge in [0.2, 0.25) is 0 Å². The monoisotopic (exact) mass is 310 g/mol. The molecular formula is C16H13ClF2O2. The van der Waals surface area contributed by atoms with Gasteiger partial charge in [0.1, 0.15) is 11.6 Å². The molecule has 0 saturated heterocycles. The molecule has 0 aliphatic heterocycles. The molecular weight excluding hydrogens is 298 g/mol. The van der Waals surface area contributed by atoms with Gasteiger partial charge < -0.3 is 5.11 Å². The van der Waals surface area contributed by atoms with E-state index >= 15 is 0 Å². The lowest BCUT2D eigenvalue weighted by Gasteiger charge is -2.13. The summed E-state index contributed by atoms with van der Waals surface area (Å²) in [6.07, 6.45) is 0.223. The highest BCUT2D eigenvalue weighted by molar-refractivity contribution is 6.30. The average Bonchev–Trinajstić information content (AvgIpc) is 2.45. The van der Waals surface area contributed by atoms with Gasteiger partial charge in [-0.25, -0.2) is 8.78 Å². The normalized spacial score (nSPS) is 12.1. The lowest BCUT2D eigenvalue weighted by molar-refractivity contribution is -0.141. The SMILES string of the molecule is O=C(O)C(Cc1ccc(F)cc1)Cc1cccc(Cl)c1F. The molecule has 2 aromatic carbocycles. The minimum Gasteiger partial charge on any atom is -0.481 e. The Bertz CT molecular complexity index is 641. The van der Waals surface area contributed by atoms with Crippen LogP contribution in [0.3, 0.4) is 0 Å². The highest BCUT2D eigenvalue weighted by Gasteiger charge is 2.21. The molecule has 2 nitrogen and oxygen atoms in total. The smallest absolute Gasteiger partial charge is 0.307 e. The van der Waals surface area contributed by atoms with Crippen molar-refractivity contribution in [2.24, 2.45) is 5.92 Å². The third kappa shape index (κ3) is 4.02. The molecule has 2 rings (SSSR count). The molecule has 110 valence electrons. The predicted molar refractivity (Wildman–Crippen MR) is 76.3 cm³/mol. The van der Waals surface area contributed by atoms with E-state index in [1.165, 1.54) is 36.4 Å². The van der Waals surface area contributed by atoms with Crippen molar-refractivity contribution in [2.45, 2.75) is 12.8 Å². The third-order valence-corrected chi connectivity index (χ3v) is 3.53. The Morgan fingerprint density at radius 2 is 1.76 bits per heavy atom. The van der Waals surface area contributed by atoms with E-state index in [0.29, 0.717) is 5.56 Å². The fraction of sp³-hybridized carbons (Fsp3) is 0.188. The Labute approximate surface area is 126 Å². The fourth-order valence-corrected chi connectivity index (χ4v) is 2.32. The summed E-state index contributed by atoms with van der Waals surface area (Å²) in [7, 11) is 0. The number of carboxylic acids is 1. The number of halogens is 3. The first-order valence-corrected chi connectivity index (χ1v) is 6.75. The quantitative estimate of drug-likeness (QED) is 0.902. The van der Waals surface area contributed by atoms with Crippen LogP contribution >= 0.6 is 11.6 Å². The zero-order valence-electron chi connectivity index (χ0n) is 11.0. The van der Waals surface area contributed by atoms with Gasteiger partial charge in [0, 0.05) is 0 Å². The number of benzene rings is 2. The zero-order valence-corrected chi connectivity index (χ0v) is 11.8. The predicted octanol–water partition coefficient (Wildman–Crippen LogP) is 4.10. The minimum atomic E-state index is -1.03. The molecule has 1 unspecified atom stereocenters. The molecule has 0 saturated carbocycles. The van der Waals surface area contributed by atoms with Gasteiger partial charge in [-0.05, 0) is 42.2 Å². The molecule has 0 amide bonds. The first kappa shape index (κ1) is 15.4. The van der Waals surface area contributed by atoms with Gasteiger partial charge in [-0.15, -0.1) is 0 Å². The molecule has 1 atom stereocenters. The molecule has 0 aliphatic rings. The summed E-state index contributed by atoms with van der Waals surface area (Å²) in [6.45, 7) is 0. The van der Waals surface area contributed by atoms with Crippen LogP contribution in [-0.4, -0.2) is 11.1 Å². The maximum atomic E-state index is 13.8. The van der Waals surface area contributed by atoms with Crippen LogP contribution in [0.4, 0.5) is 8.78 Å². The van der Waals surface area contributed by atoms with E-state index < -0.39 is 17.7 Å². The summed E-state index contributed by atoms with van der Waals surface area (Å²) in [6, 6.07) is 10.1. The van der Waals surface area contributed by atoms with E-state index in [-0.39, 0.29) is 29.2 Å². The van der Waals surface area contributed by atoms with Crippen molar-refractivity contribution in [3.63, 3.8) is 0 Å². The van der Waals surface area contributed by atoms with Gasteiger partial charge in [0.15, 0.2) is 0 Å². The average molecular weight is 311 g/mol. The van der Waals surface area contributed by atoms with Crippen LogP contribution in [0, 0.1) is 17.6 Å². The molecule has 0 radical (unpaired) electrons. The summed E-state index contributed by atoms with van der Waals surface area (Å²) in [4.78, 5) is 11.3. The van der Waals surface area contributed by atoms with E-state index in [2.05, 4.69) is 0 Å². The van der Waals surface area contributed by atoms with E-state index in [0.717, 1.165) is 0 Å². The van der Waals surface area contributed by atoms with Crippen molar-refractivity contribution in [2.75, 3.05) is 0 Å². The first-order chi connectivity index (χ1) is 9.97.